The zero-order valence-corrected chi connectivity index (χ0v) is 11.6. The van der Waals surface area contributed by atoms with Gasteiger partial charge in [-0.3, -0.25) is 4.79 Å². The van der Waals surface area contributed by atoms with E-state index in [4.69, 9.17) is 22.1 Å². The Morgan fingerprint density at radius 1 is 1.37 bits per heavy atom. The third-order valence-corrected chi connectivity index (χ3v) is 3.60. The normalized spacial score (nSPS) is 18.9. The molecule has 0 saturated carbocycles. The van der Waals surface area contributed by atoms with Gasteiger partial charge in [0.25, 0.3) is 0 Å². The van der Waals surface area contributed by atoms with Crippen molar-refractivity contribution < 1.29 is 9.53 Å². The summed E-state index contributed by atoms with van der Waals surface area (Å²) in [6.07, 6.45) is 1.71. The molecule has 0 bridgehead atoms. The van der Waals surface area contributed by atoms with Crippen LogP contribution in [0.15, 0.2) is 24.3 Å². The summed E-state index contributed by atoms with van der Waals surface area (Å²) in [5.74, 6) is 1.02. The van der Waals surface area contributed by atoms with E-state index in [2.05, 4.69) is 0 Å². The minimum Gasteiger partial charge on any atom is -0.494 e. The van der Waals surface area contributed by atoms with E-state index in [0.717, 1.165) is 31.7 Å². The van der Waals surface area contributed by atoms with Crippen LogP contribution in [0.5, 0.6) is 5.75 Å². The number of benzene rings is 1. The molecule has 1 saturated heterocycles. The van der Waals surface area contributed by atoms with Crippen molar-refractivity contribution in [1.29, 1.82) is 0 Å². The maximum atomic E-state index is 11.8. The Morgan fingerprint density at radius 3 is 2.74 bits per heavy atom. The van der Waals surface area contributed by atoms with Gasteiger partial charge >= 0.3 is 0 Å². The molecule has 1 atom stereocenters. The highest BCUT2D eigenvalue weighted by molar-refractivity contribution is 6.30. The number of ether oxygens (including phenoxy) is 1. The van der Waals surface area contributed by atoms with Crippen LogP contribution in [0.2, 0.25) is 5.02 Å². The standard InChI is InChI=1S/C14H19ClN2O2/c15-12-2-4-13(5-3-12)19-9-1-7-17-8-6-11(10-16)14(17)18/h2-5,11H,1,6-10,16H2. The van der Waals surface area contributed by atoms with Gasteiger partial charge in [-0.2, -0.15) is 0 Å². The number of carbonyl (C=O) groups is 1. The fourth-order valence-corrected chi connectivity index (χ4v) is 2.35. The Kier molecular flexibility index (Phi) is 5.05. The molecule has 0 spiro atoms. The average molecular weight is 283 g/mol. The summed E-state index contributed by atoms with van der Waals surface area (Å²) >= 11 is 5.79. The van der Waals surface area contributed by atoms with Gasteiger partial charge in [0, 0.05) is 24.7 Å². The summed E-state index contributed by atoms with van der Waals surface area (Å²) in [7, 11) is 0. The lowest BCUT2D eigenvalue weighted by Gasteiger charge is -2.16. The van der Waals surface area contributed by atoms with E-state index in [0.29, 0.717) is 18.2 Å². The monoisotopic (exact) mass is 282 g/mol. The molecule has 1 aromatic rings. The number of nitrogens with two attached hydrogens (primary N) is 1. The van der Waals surface area contributed by atoms with Crippen molar-refractivity contribution in [3.05, 3.63) is 29.3 Å². The highest BCUT2D eigenvalue weighted by Crippen LogP contribution is 2.18. The van der Waals surface area contributed by atoms with Crippen LogP contribution in [-0.4, -0.2) is 37.0 Å². The van der Waals surface area contributed by atoms with E-state index in [1.807, 2.05) is 17.0 Å². The van der Waals surface area contributed by atoms with Gasteiger partial charge in [-0.1, -0.05) is 11.6 Å². The molecule has 2 N–H and O–H groups in total. The molecule has 19 heavy (non-hydrogen) atoms. The number of rotatable bonds is 6. The molecule has 2 rings (SSSR count). The highest BCUT2D eigenvalue weighted by atomic mass is 35.5. The van der Waals surface area contributed by atoms with E-state index in [1.165, 1.54) is 0 Å². The van der Waals surface area contributed by atoms with Crippen molar-refractivity contribution in [2.75, 3.05) is 26.2 Å². The predicted molar refractivity (Wildman–Crippen MR) is 75.3 cm³/mol. The lowest BCUT2D eigenvalue weighted by Crippen LogP contribution is -2.31. The molecule has 0 radical (unpaired) electrons. The number of likely N-dealkylation sites (tertiary alicyclic amines) is 1. The van der Waals surface area contributed by atoms with Crippen molar-refractivity contribution in [1.82, 2.24) is 4.90 Å². The largest absolute Gasteiger partial charge is 0.494 e. The molecule has 1 amide bonds. The summed E-state index contributed by atoms with van der Waals surface area (Å²) in [4.78, 5) is 13.7. The van der Waals surface area contributed by atoms with E-state index in [1.54, 1.807) is 12.1 Å². The fraction of sp³-hybridized carbons (Fsp3) is 0.500. The molecular formula is C14H19ClN2O2. The summed E-state index contributed by atoms with van der Waals surface area (Å²) in [6, 6.07) is 7.28. The molecule has 1 unspecified atom stereocenters. The van der Waals surface area contributed by atoms with Gasteiger partial charge < -0.3 is 15.4 Å². The van der Waals surface area contributed by atoms with Gasteiger partial charge in [-0.05, 0) is 37.1 Å². The first-order valence-electron chi connectivity index (χ1n) is 6.58. The van der Waals surface area contributed by atoms with E-state index in [9.17, 15) is 4.79 Å². The molecule has 1 aliphatic heterocycles. The summed E-state index contributed by atoms with van der Waals surface area (Å²) in [5, 5.41) is 0.697. The van der Waals surface area contributed by atoms with Crippen LogP contribution in [-0.2, 0) is 4.79 Å². The van der Waals surface area contributed by atoms with Crippen LogP contribution >= 0.6 is 11.6 Å². The first-order valence-corrected chi connectivity index (χ1v) is 6.95. The summed E-state index contributed by atoms with van der Waals surface area (Å²) < 4.78 is 5.59. The molecule has 1 fully saturated rings. The summed E-state index contributed by atoms with van der Waals surface area (Å²) in [5.41, 5.74) is 5.55. The maximum Gasteiger partial charge on any atom is 0.227 e. The van der Waals surface area contributed by atoms with Crippen molar-refractivity contribution in [2.45, 2.75) is 12.8 Å². The van der Waals surface area contributed by atoms with Gasteiger partial charge in [0.05, 0.1) is 12.5 Å². The quantitative estimate of drug-likeness (QED) is 0.811. The van der Waals surface area contributed by atoms with Gasteiger partial charge in [0.2, 0.25) is 5.91 Å². The Morgan fingerprint density at radius 2 is 2.11 bits per heavy atom. The predicted octanol–water partition coefficient (Wildman–Crippen LogP) is 1.92. The van der Waals surface area contributed by atoms with Gasteiger partial charge in [0.1, 0.15) is 5.75 Å². The molecule has 0 aliphatic carbocycles. The van der Waals surface area contributed by atoms with Crippen molar-refractivity contribution in [3.8, 4) is 5.75 Å². The molecule has 1 aliphatic rings. The van der Waals surface area contributed by atoms with E-state index < -0.39 is 0 Å². The third kappa shape index (κ3) is 3.85. The molecule has 0 aromatic heterocycles. The van der Waals surface area contributed by atoms with Crippen LogP contribution in [0.25, 0.3) is 0 Å². The van der Waals surface area contributed by atoms with Gasteiger partial charge in [-0.15, -0.1) is 0 Å². The van der Waals surface area contributed by atoms with Crippen molar-refractivity contribution in [3.63, 3.8) is 0 Å². The topological polar surface area (TPSA) is 55.6 Å². The van der Waals surface area contributed by atoms with Crippen LogP contribution in [0.3, 0.4) is 0 Å². The molecule has 1 heterocycles. The second-order valence-electron chi connectivity index (χ2n) is 4.70. The second kappa shape index (κ2) is 6.78. The minimum atomic E-state index is 0.0252. The number of nitrogens with zero attached hydrogens (tertiary/aromatic N) is 1. The van der Waals surface area contributed by atoms with Crippen molar-refractivity contribution >= 4 is 17.5 Å². The number of amides is 1. The maximum absolute atomic E-state index is 11.8. The molecular weight excluding hydrogens is 264 g/mol. The Hall–Kier alpha value is -1.26. The third-order valence-electron chi connectivity index (χ3n) is 3.35. The van der Waals surface area contributed by atoms with Crippen LogP contribution in [0.4, 0.5) is 0 Å². The van der Waals surface area contributed by atoms with Gasteiger partial charge in [-0.25, -0.2) is 0 Å². The number of hydrogen-bond donors (Lipinski definition) is 1. The first kappa shape index (κ1) is 14.2. The van der Waals surface area contributed by atoms with Crippen molar-refractivity contribution in [2.24, 2.45) is 11.7 Å². The molecule has 5 heteroatoms. The SMILES string of the molecule is NCC1CCN(CCCOc2ccc(Cl)cc2)C1=O. The lowest BCUT2D eigenvalue weighted by molar-refractivity contribution is -0.130. The lowest BCUT2D eigenvalue weighted by atomic mass is 10.1. The Bertz CT molecular complexity index is 422. The van der Waals surface area contributed by atoms with E-state index in [-0.39, 0.29) is 11.8 Å². The summed E-state index contributed by atoms with van der Waals surface area (Å²) in [6.45, 7) is 2.61. The number of carbonyl (C=O) groups excluding carboxylic acids is 1. The Labute approximate surface area is 118 Å². The molecule has 4 nitrogen and oxygen atoms in total. The van der Waals surface area contributed by atoms with Crippen LogP contribution in [0.1, 0.15) is 12.8 Å². The smallest absolute Gasteiger partial charge is 0.227 e. The number of halogens is 1. The molecule has 104 valence electrons. The molecule has 1 aromatic carbocycles. The fourth-order valence-electron chi connectivity index (χ4n) is 2.22. The second-order valence-corrected chi connectivity index (χ2v) is 5.14. The average Bonchev–Trinajstić information content (AvgIpc) is 2.77. The first-order chi connectivity index (χ1) is 9.20. The zero-order valence-electron chi connectivity index (χ0n) is 10.8. The highest BCUT2D eigenvalue weighted by Gasteiger charge is 2.29. The zero-order chi connectivity index (χ0) is 13.7. The van der Waals surface area contributed by atoms with E-state index >= 15 is 0 Å². The van der Waals surface area contributed by atoms with Crippen LogP contribution in [0, 0.1) is 5.92 Å². The Balaban J connectivity index is 1.67. The number of hydrogen-bond acceptors (Lipinski definition) is 3. The van der Waals surface area contributed by atoms with Crippen LogP contribution < -0.4 is 10.5 Å². The van der Waals surface area contributed by atoms with Gasteiger partial charge in [0.15, 0.2) is 0 Å². The minimum absolute atomic E-state index is 0.0252.